The van der Waals surface area contributed by atoms with Gasteiger partial charge in [0.2, 0.25) is 0 Å². The summed E-state index contributed by atoms with van der Waals surface area (Å²) in [5.41, 5.74) is 1.12. The van der Waals surface area contributed by atoms with Gasteiger partial charge in [0.25, 0.3) is 0 Å². The number of hydrogen-bond donors (Lipinski definition) is 1. The van der Waals surface area contributed by atoms with E-state index in [2.05, 4.69) is 12.2 Å². The molecule has 1 N–H and O–H groups in total. The highest BCUT2D eigenvalue weighted by Gasteiger charge is 2.00. The molecule has 0 saturated heterocycles. The Balaban J connectivity index is 2.33. The van der Waals surface area contributed by atoms with Crippen LogP contribution in [0.15, 0.2) is 18.2 Å². The predicted molar refractivity (Wildman–Crippen MR) is 67.9 cm³/mol. The van der Waals surface area contributed by atoms with Gasteiger partial charge in [-0.05, 0) is 49.7 Å². The molecule has 1 aromatic rings. The molecule has 0 saturated carbocycles. The number of hydrogen-bond acceptors (Lipinski definition) is 1. The van der Waals surface area contributed by atoms with E-state index in [-0.39, 0.29) is 0 Å². The second-order valence-electron chi connectivity index (χ2n) is 3.59. The van der Waals surface area contributed by atoms with Crippen LogP contribution in [0.3, 0.4) is 0 Å². The first-order valence-corrected chi connectivity index (χ1v) is 6.14. The van der Waals surface area contributed by atoms with Crippen molar-refractivity contribution in [3.63, 3.8) is 0 Å². The SMILES string of the molecule is CCCCNCCc1cc(Cl)ccc1Cl. The molecule has 0 fully saturated rings. The Labute approximate surface area is 102 Å². The van der Waals surface area contributed by atoms with Crippen LogP contribution in [0.5, 0.6) is 0 Å². The summed E-state index contributed by atoms with van der Waals surface area (Å²) in [4.78, 5) is 0. The minimum absolute atomic E-state index is 0.753. The molecule has 1 aromatic carbocycles. The molecule has 1 rings (SSSR count). The smallest absolute Gasteiger partial charge is 0.0439 e. The fourth-order valence-corrected chi connectivity index (χ4v) is 1.79. The lowest BCUT2D eigenvalue weighted by Gasteiger charge is -2.06. The maximum atomic E-state index is 6.05. The van der Waals surface area contributed by atoms with E-state index in [4.69, 9.17) is 23.2 Å². The molecule has 0 aromatic heterocycles. The zero-order valence-electron chi connectivity index (χ0n) is 9.02. The van der Waals surface area contributed by atoms with Crippen molar-refractivity contribution < 1.29 is 0 Å². The van der Waals surface area contributed by atoms with E-state index in [0.717, 1.165) is 35.1 Å². The third-order valence-corrected chi connectivity index (χ3v) is 2.89. The van der Waals surface area contributed by atoms with E-state index < -0.39 is 0 Å². The lowest BCUT2D eigenvalue weighted by molar-refractivity contribution is 0.640. The maximum Gasteiger partial charge on any atom is 0.0439 e. The van der Waals surface area contributed by atoms with Crippen molar-refractivity contribution in [1.82, 2.24) is 5.32 Å². The van der Waals surface area contributed by atoms with E-state index in [1.54, 1.807) is 0 Å². The van der Waals surface area contributed by atoms with Gasteiger partial charge in [0.05, 0.1) is 0 Å². The van der Waals surface area contributed by atoms with Crippen LogP contribution in [-0.4, -0.2) is 13.1 Å². The zero-order chi connectivity index (χ0) is 11.1. The van der Waals surface area contributed by atoms with Crippen LogP contribution in [0.25, 0.3) is 0 Å². The number of halogens is 2. The van der Waals surface area contributed by atoms with Gasteiger partial charge >= 0.3 is 0 Å². The van der Waals surface area contributed by atoms with Crippen molar-refractivity contribution in [3.8, 4) is 0 Å². The van der Waals surface area contributed by atoms with Crippen LogP contribution in [0.2, 0.25) is 10.0 Å². The quantitative estimate of drug-likeness (QED) is 0.750. The third kappa shape index (κ3) is 4.87. The molecule has 0 aliphatic rings. The molecule has 0 unspecified atom stereocenters. The van der Waals surface area contributed by atoms with Crippen molar-refractivity contribution in [2.75, 3.05) is 13.1 Å². The maximum absolute atomic E-state index is 6.05. The van der Waals surface area contributed by atoms with Crippen LogP contribution in [0.1, 0.15) is 25.3 Å². The second-order valence-corrected chi connectivity index (χ2v) is 4.43. The third-order valence-electron chi connectivity index (χ3n) is 2.29. The summed E-state index contributed by atoms with van der Waals surface area (Å²) in [6, 6.07) is 5.61. The summed E-state index contributed by atoms with van der Waals surface area (Å²) < 4.78 is 0. The molecule has 0 aliphatic carbocycles. The first-order valence-electron chi connectivity index (χ1n) is 5.38. The Morgan fingerprint density at radius 3 is 2.73 bits per heavy atom. The van der Waals surface area contributed by atoms with Crippen LogP contribution in [-0.2, 0) is 6.42 Å². The second kappa shape index (κ2) is 7.10. The van der Waals surface area contributed by atoms with Gasteiger partial charge in [0.1, 0.15) is 0 Å². The van der Waals surface area contributed by atoms with Crippen molar-refractivity contribution in [1.29, 1.82) is 0 Å². The summed E-state index contributed by atoms with van der Waals surface area (Å²) in [5.74, 6) is 0. The molecule has 0 heterocycles. The van der Waals surface area contributed by atoms with Gasteiger partial charge in [-0.1, -0.05) is 36.5 Å². The fourth-order valence-electron chi connectivity index (χ4n) is 1.38. The van der Waals surface area contributed by atoms with E-state index in [0.29, 0.717) is 0 Å². The summed E-state index contributed by atoms with van der Waals surface area (Å²) in [7, 11) is 0. The highest BCUT2D eigenvalue weighted by atomic mass is 35.5. The minimum Gasteiger partial charge on any atom is -0.316 e. The van der Waals surface area contributed by atoms with Crippen LogP contribution in [0, 0.1) is 0 Å². The fraction of sp³-hybridized carbons (Fsp3) is 0.500. The lowest BCUT2D eigenvalue weighted by atomic mass is 10.1. The molecule has 1 nitrogen and oxygen atoms in total. The Bertz CT molecular complexity index is 300. The van der Waals surface area contributed by atoms with E-state index in [1.807, 2.05) is 18.2 Å². The molecule has 0 spiro atoms. The topological polar surface area (TPSA) is 12.0 Å². The largest absolute Gasteiger partial charge is 0.316 e. The first-order chi connectivity index (χ1) is 7.24. The van der Waals surface area contributed by atoms with Crippen LogP contribution in [0.4, 0.5) is 0 Å². The monoisotopic (exact) mass is 245 g/mol. The predicted octanol–water partition coefficient (Wildman–Crippen LogP) is 3.93. The molecular weight excluding hydrogens is 229 g/mol. The molecule has 0 radical (unpaired) electrons. The molecular formula is C12H17Cl2N. The molecule has 84 valence electrons. The summed E-state index contributed by atoms with van der Waals surface area (Å²) >= 11 is 12.0. The van der Waals surface area contributed by atoms with E-state index in [9.17, 15) is 0 Å². The molecule has 15 heavy (non-hydrogen) atoms. The van der Waals surface area contributed by atoms with Gasteiger partial charge in [-0.15, -0.1) is 0 Å². The number of benzene rings is 1. The minimum atomic E-state index is 0.753. The Hall–Kier alpha value is -0.240. The number of rotatable bonds is 6. The van der Waals surface area contributed by atoms with E-state index >= 15 is 0 Å². The standard InChI is InChI=1S/C12H17Cl2N/c1-2-3-7-15-8-6-10-9-11(13)4-5-12(10)14/h4-5,9,15H,2-3,6-8H2,1H3. The Morgan fingerprint density at radius 1 is 1.20 bits per heavy atom. The average molecular weight is 246 g/mol. The van der Waals surface area contributed by atoms with Crippen molar-refractivity contribution in [3.05, 3.63) is 33.8 Å². The molecule has 3 heteroatoms. The van der Waals surface area contributed by atoms with Gasteiger partial charge in [-0.3, -0.25) is 0 Å². The number of nitrogens with one attached hydrogen (secondary N) is 1. The van der Waals surface area contributed by atoms with Crippen LogP contribution < -0.4 is 5.32 Å². The van der Waals surface area contributed by atoms with Gasteiger partial charge in [-0.2, -0.15) is 0 Å². The van der Waals surface area contributed by atoms with Crippen molar-refractivity contribution in [2.45, 2.75) is 26.2 Å². The number of unbranched alkanes of at least 4 members (excludes halogenated alkanes) is 1. The molecule has 0 atom stereocenters. The highest BCUT2D eigenvalue weighted by Crippen LogP contribution is 2.20. The van der Waals surface area contributed by atoms with Gasteiger partial charge in [-0.25, -0.2) is 0 Å². The highest BCUT2D eigenvalue weighted by molar-refractivity contribution is 6.33. The summed E-state index contributed by atoms with van der Waals surface area (Å²) in [5, 5.41) is 4.93. The van der Waals surface area contributed by atoms with Crippen molar-refractivity contribution in [2.24, 2.45) is 0 Å². The lowest BCUT2D eigenvalue weighted by Crippen LogP contribution is -2.18. The Morgan fingerprint density at radius 2 is 2.00 bits per heavy atom. The van der Waals surface area contributed by atoms with Gasteiger partial charge < -0.3 is 5.32 Å². The Kier molecular flexibility index (Phi) is 6.07. The van der Waals surface area contributed by atoms with Gasteiger partial charge in [0, 0.05) is 10.0 Å². The average Bonchev–Trinajstić information content (AvgIpc) is 2.23. The molecule has 0 bridgehead atoms. The first kappa shape index (κ1) is 12.8. The summed E-state index contributed by atoms with van der Waals surface area (Å²) in [6.07, 6.45) is 3.39. The van der Waals surface area contributed by atoms with Crippen LogP contribution >= 0.6 is 23.2 Å². The van der Waals surface area contributed by atoms with E-state index in [1.165, 1.54) is 12.8 Å². The molecule has 0 aliphatic heterocycles. The normalized spacial score (nSPS) is 10.6. The molecule has 0 amide bonds. The van der Waals surface area contributed by atoms with Crippen molar-refractivity contribution >= 4 is 23.2 Å². The van der Waals surface area contributed by atoms with Gasteiger partial charge in [0.15, 0.2) is 0 Å². The summed E-state index contributed by atoms with van der Waals surface area (Å²) in [6.45, 7) is 4.23. The zero-order valence-corrected chi connectivity index (χ0v) is 10.5.